The predicted octanol–water partition coefficient (Wildman–Crippen LogP) is 4.44. The normalized spacial score (nSPS) is 13.2. The number of aliphatic hydroxyl groups is 2. The third-order valence-electron chi connectivity index (χ3n) is 3.92. The van der Waals surface area contributed by atoms with Crippen molar-refractivity contribution in [3.8, 4) is 11.5 Å². The van der Waals surface area contributed by atoms with Crippen molar-refractivity contribution in [2.24, 2.45) is 0 Å². The van der Waals surface area contributed by atoms with Gasteiger partial charge in [-0.3, -0.25) is 0 Å². The third-order valence-corrected chi connectivity index (χ3v) is 6.01. The van der Waals surface area contributed by atoms with Gasteiger partial charge in [-0.05, 0) is 41.8 Å². The van der Waals surface area contributed by atoms with Crippen LogP contribution in [0.15, 0.2) is 48.5 Å². The van der Waals surface area contributed by atoms with Gasteiger partial charge in [-0.25, -0.2) is 0 Å². The molecule has 0 amide bonds. The van der Waals surface area contributed by atoms with E-state index in [9.17, 15) is 10.2 Å². The highest BCUT2D eigenvalue weighted by molar-refractivity contribution is 14.1. The fraction of sp³-hybridized carbons (Fsp3) is 0.429. The molecule has 148 valence electrons. The third kappa shape index (κ3) is 8.72. The molecule has 0 spiro atoms. The monoisotopic (exact) mass is 502 g/mol. The fourth-order valence-corrected chi connectivity index (χ4v) is 3.41. The molecular formula is C21H27IO4S. The highest BCUT2D eigenvalue weighted by Crippen LogP contribution is 2.22. The van der Waals surface area contributed by atoms with E-state index in [1.165, 1.54) is 11.1 Å². The summed E-state index contributed by atoms with van der Waals surface area (Å²) < 4.78 is 11.8. The van der Waals surface area contributed by atoms with Gasteiger partial charge in [0.25, 0.3) is 0 Å². The molecule has 0 radical (unpaired) electrons. The quantitative estimate of drug-likeness (QED) is 0.332. The molecule has 2 atom stereocenters. The van der Waals surface area contributed by atoms with Crippen LogP contribution in [0.2, 0.25) is 0 Å². The standard InChI is InChI=1S/C21H27IO4S/c1-2-18(23)12-25-20-7-3-16(4-8-20)14-27-15-17-5-9-21(10-6-17)26-13-19(24)11-22/h3-10,18-19,23-24H,2,11-15H2,1H3. The lowest BCUT2D eigenvalue weighted by Crippen LogP contribution is -2.18. The number of ether oxygens (including phenoxy) is 2. The topological polar surface area (TPSA) is 58.9 Å². The molecule has 27 heavy (non-hydrogen) atoms. The number of hydrogen-bond donors (Lipinski definition) is 2. The van der Waals surface area contributed by atoms with Gasteiger partial charge in [-0.15, -0.1) is 0 Å². The zero-order valence-corrected chi connectivity index (χ0v) is 18.5. The molecule has 0 aliphatic heterocycles. The molecule has 2 unspecified atom stereocenters. The second-order valence-corrected chi connectivity index (χ2v) is 8.14. The van der Waals surface area contributed by atoms with Crippen LogP contribution in [0.1, 0.15) is 24.5 Å². The SMILES string of the molecule is CCC(O)COc1ccc(CSCc2ccc(OCC(O)CI)cc2)cc1. The summed E-state index contributed by atoms with van der Waals surface area (Å²) in [4.78, 5) is 0. The van der Waals surface area contributed by atoms with E-state index in [1.807, 2.05) is 43.0 Å². The summed E-state index contributed by atoms with van der Waals surface area (Å²) in [7, 11) is 0. The van der Waals surface area contributed by atoms with Crippen molar-refractivity contribution >= 4 is 34.4 Å². The number of rotatable bonds is 12. The van der Waals surface area contributed by atoms with Crippen molar-refractivity contribution < 1.29 is 19.7 Å². The molecule has 0 heterocycles. The molecule has 6 heteroatoms. The van der Waals surface area contributed by atoms with Crippen LogP contribution >= 0.6 is 34.4 Å². The largest absolute Gasteiger partial charge is 0.491 e. The highest BCUT2D eigenvalue weighted by atomic mass is 127. The zero-order valence-electron chi connectivity index (χ0n) is 15.5. The number of halogens is 1. The maximum atomic E-state index is 9.53. The molecule has 2 aromatic carbocycles. The number of hydrogen-bond acceptors (Lipinski definition) is 5. The van der Waals surface area contributed by atoms with E-state index in [2.05, 4.69) is 46.9 Å². The first kappa shape index (κ1) is 22.3. The smallest absolute Gasteiger partial charge is 0.119 e. The molecule has 0 aliphatic rings. The van der Waals surface area contributed by atoms with Crippen LogP contribution in [0.4, 0.5) is 0 Å². The maximum Gasteiger partial charge on any atom is 0.119 e. The summed E-state index contributed by atoms with van der Waals surface area (Å²) in [6.45, 7) is 2.60. The molecule has 0 saturated heterocycles. The fourth-order valence-electron chi connectivity index (χ4n) is 2.20. The summed E-state index contributed by atoms with van der Waals surface area (Å²) >= 11 is 3.99. The van der Waals surface area contributed by atoms with Crippen LogP contribution in [0, 0.1) is 0 Å². The Morgan fingerprint density at radius 1 is 0.815 bits per heavy atom. The lowest BCUT2D eigenvalue weighted by atomic mass is 10.2. The Morgan fingerprint density at radius 3 is 1.67 bits per heavy atom. The zero-order chi connectivity index (χ0) is 19.5. The lowest BCUT2D eigenvalue weighted by molar-refractivity contribution is 0.104. The number of benzene rings is 2. The average Bonchev–Trinajstić information content (AvgIpc) is 2.72. The predicted molar refractivity (Wildman–Crippen MR) is 120 cm³/mol. The molecule has 2 aromatic rings. The van der Waals surface area contributed by atoms with Gasteiger partial charge in [-0.1, -0.05) is 53.8 Å². The molecule has 4 nitrogen and oxygen atoms in total. The van der Waals surface area contributed by atoms with Gasteiger partial charge in [0.1, 0.15) is 24.7 Å². The minimum absolute atomic E-state index is 0.328. The molecule has 2 N–H and O–H groups in total. The van der Waals surface area contributed by atoms with E-state index < -0.39 is 12.2 Å². The van der Waals surface area contributed by atoms with Gasteiger partial charge in [0, 0.05) is 15.9 Å². The summed E-state index contributed by atoms with van der Waals surface area (Å²) in [5.74, 6) is 3.44. The van der Waals surface area contributed by atoms with Crippen molar-refractivity contribution in [3.05, 3.63) is 59.7 Å². The van der Waals surface area contributed by atoms with Gasteiger partial charge >= 0.3 is 0 Å². The summed E-state index contributed by atoms with van der Waals surface area (Å²) in [6, 6.07) is 16.1. The summed E-state index contributed by atoms with van der Waals surface area (Å²) in [6.07, 6.45) is -0.134. The molecule has 0 aliphatic carbocycles. The van der Waals surface area contributed by atoms with Crippen LogP contribution in [0.25, 0.3) is 0 Å². The number of alkyl halides is 1. The Kier molecular flexibility index (Phi) is 10.3. The van der Waals surface area contributed by atoms with E-state index in [1.54, 1.807) is 0 Å². The first-order valence-electron chi connectivity index (χ1n) is 9.04. The Labute approximate surface area is 179 Å². The molecule has 2 rings (SSSR count). The van der Waals surface area contributed by atoms with E-state index in [0.29, 0.717) is 24.1 Å². The Hall–Kier alpha value is -0.960. The van der Waals surface area contributed by atoms with Crippen molar-refractivity contribution in [1.82, 2.24) is 0 Å². The summed E-state index contributed by atoms with van der Waals surface area (Å²) in [5, 5.41) is 19.1. The summed E-state index contributed by atoms with van der Waals surface area (Å²) in [5.41, 5.74) is 2.49. The second kappa shape index (κ2) is 12.5. The van der Waals surface area contributed by atoms with Crippen molar-refractivity contribution in [2.75, 3.05) is 17.6 Å². The van der Waals surface area contributed by atoms with E-state index in [-0.39, 0.29) is 0 Å². The van der Waals surface area contributed by atoms with Crippen molar-refractivity contribution in [1.29, 1.82) is 0 Å². The first-order chi connectivity index (χ1) is 13.1. The van der Waals surface area contributed by atoms with Crippen LogP contribution in [0.5, 0.6) is 11.5 Å². The first-order valence-corrected chi connectivity index (χ1v) is 11.7. The molecule has 0 saturated carbocycles. The molecular weight excluding hydrogens is 475 g/mol. The minimum atomic E-state index is -0.422. The van der Waals surface area contributed by atoms with Crippen molar-refractivity contribution in [2.45, 2.75) is 37.1 Å². The Balaban J connectivity index is 1.71. The van der Waals surface area contributed by atoms with Crippen LogP contribution in [0.3, 0.4) is 0 Å². The molecule has 0 aromatic heterocycles. The van der Waals surface area contributed by atoms with Gasteiger partial charge in [0.05, 0.1) is 12.2 Å². The van der Waals surface area contributed by atoms with Crippen LogP contribution < -0.4 is 9.47 Å². The van der Waals surface area contributed by atoms with Gasteiger partial charge in [0.2, 0.25) is 0 Å². The Morgan fingerprint density at radius 2 is 1.26 bits per heavy atom. The molecule has 0 bridgehead atoms. The number of aliphatic hydroxyl groups excluding tert-OH is 2. The van der Waals surface area contributed by atoms with Crippen LogP contribution in [-0.4, -0.2) is 40.1 Å². The van der Waals surface area contributed by atoms with Crippen molar-refractivity contribution in [3.63, 3.8) is 0 Å². The van der Waals surface area contributed by atoms with Gasteiger partial charge in [-0.2, -0.15) is 11.8 Å². The van der Waals surface area contributed by atoms with Gasteiger partial charge < -0.3 is 19.7 Å². The van der Waals surface area contributed by atoms with E-state index >= 15 is 0 Å². The van der Waals surface area contributed by atoms with Gasteiger partial charge in [0.15, 0.2) is 0 Å². The maximum absolute atomic E-state index is 9.53. The highest BCUT2D eigenvalue weighted by Gasteiger charge is 2.04. The lowest BCUT2D eigenvalue weighted by Gasteiger charge is -2.11. The minimum Gasteiger partial charge on any atom is -0.491 e. The molecule has 0 fully saturated rings. The average molecular weight is 502 g/mol. The number of thioether (sulfide) groups is 1. The second-order valence-electron chi connectivity index (χ2n) is 6.27. The van der Waals surface area contributed by atoms with Crippen LogP contribution in [-0.2, 0) is 11.5 Å². The van der Waals surface area contributed by atoms with E-state index in [4.69, 9.17) is 9.47 Å². The Bertz CT molecular complexity index is 591. The van der Waals surface area contributed by atoms with E-state index in [0.717, 1.165) is 23.0 Å².